The Hall–Kier alpha value is -3.21. The second kappa shape index (κ2) is 9.21. The number of benzene rings is 2. The molecular formula is C27H32N4O3. The van der Waals surface area contributed by atoms with Crippen molar-refractivity contribution >= 4 is 17.5 Å². The van der Waals surface area contributed by atoms with Gasteiger partial charge in [0, 0.05) is 25.1 Å². The van der Waals surface area contributed by atoms with Gasteiger partial charge >= 0.3 is 0 Å². The van der Waals surface area contributed by atoms with E-state index in [4.69, 9.17) is 0 Å². The molecule has 0 saturated carbocycles. The van der Waals surface area contributed by atoms with E-state index in [0.29, 0.717) is 23.7 Å². The fraction of sp³-hybridized carbons (Fsp3) is 0.444. The van der Waals surface area contributed by atoms with Crippen LogP contribution in [-0.4, -0.2) is 42.1 Å². The highest BCUT2D eigenvalue weighted by Crippen LogP contribution is 2.41. The largest absolute Gasteiger partial charge is 0.375 e. The van der Waals surface area contributed by atoms with Gasteiger partial charge in [-0.15, -0.1) is 0 Å². The molecule has 0 spiro atoms. The number of amides is 2. The molecule has 1 fully saturated rings. The highest BCUT2D eigenvalue weighted by molar-refractivity contribution is 6.06. The van der Waals surface area contributed by atoms with Gasteiger partial charge in [-0.05, 0) is 55.4 Å². The number of fused-ring (bicyclic) bond motifs is 1. The quantitative estimate of drug-likeness (QED) is 0.636. The fourth-order valence-electron chi connectivity index (χ4n) is 4.98. The summed E-state index contributed by atoms with van der Waals surface area (Å²) in [4.78, 5) is 26.6. The number of hydrogen-bond donors (Lipinski definition) is 3. The van der Waals surface area contributed by atoms with Crippen LogP contribution >= 0.6 is 0 Å². The second-order valence-electron chi connectivity index (χ2n) is 9.86. The Kier molecular flexibility index (Phi) is 6.48. The number of likely N-dealkylation sites (N-methyl/N-ethyl adjacent to an activating group) is 1. The molecule has 2 aliphatic rings. The number of rotatable bonds is 5. The minimum atomic E-state index is -1.51. The Balaban J connectivity index is 1.44. The van der Waals surface area contributed by atoms with Crippen LogP contribution in [-0.2, 0) is 21.6 Å². The fourth-order valence-corrected chi connectivity index (χ4v) is 4.98. The van der Waals surface area contributed by atoms with E-state index in [1.165, 1.54) is 11.8 Å². The van der Waals surface area contributed by atoms with Crippen molar-refractivity contribution in [2.75, 3.05) is 11.9 Å². The van der Waals surface area contributed by atoms with Crippen LogP contribution in [0.2, 0.25) is 0 Å². The average molecular weight is 461 g/mol. The SMILES string of the molecule is C[C@@H]1CC[C@H](C)N[C@@H]1C(=O)N[C@H](C#N)Cc1ccc(-c2ccc3c(c2)N(C)C(=O)C3(C)O)cc1. The van der Waals surface area contributed by atoms with Gasteiger partial charge in [-0.25, -0.2) is 0 Å². The van der Waals surface area contributed by atoms with Gasteiger partial charge in [-0.2, -0.15) is 5.26 Å². The van der Waals surface area contributed by atoms with Crippen LogP contribution in [0.5, 0.6) is 0 Å². The highest BCUT2D eigenvalue weighted by atomic mass is 16.3. The molecule has 2 heterocycles. The smallest absolute Gasteiger partial charge is 0.263 e. The van der Waals surface area contributed by atoms with Crippen LogP contribution in [0.25, 0.3) is 11.1 Å². The number of nitriles is 1. The maximum atomic E-state index is 12.8. The van der Waals surface area contributed by atoms with E-state index in [1.807, 2.05) is 36.4 Å². The number of nitrogens with zero attached hydrogens (tertiary/aromatic N) is 2. The van der Waals surface area contributed by atoms with Crippen LogP contribution in [0.3, 0.4) is 0 Å². The van der Waals surface area contributed by atoms with E-state index < -0.39 is 11.6 Å². The summed E-state index contributed by atoms with van der Waals surface area (Å²) in [7, 11) is 1.66. The van der Waals surface area contributed by atoms with Crippen LogP contribution in [0.1, 0.15) is 44.7 Å². The molecule has 0 aromatic heterocycles. The summed E-state index contributed by atoms with van der Waals surface area (Å²) in [5, 5.41) is 26.4. The normalized spacial score (nSPS) is 27.1. The molecule has 0 bridgehead atoms. The lowest BCUT2D eigenvalue weighted by Crippen LogP contribution is -2.55. The number of carbonyl (C=O) groups excluding carboxylic acids is 2. The summed E-state index contributed by atoms with van der Waals surface area (Å²) in [5.74, 6) is -0.220. The molecule has 1 unspecified atom stereocenters. The first-order chi connectivity index (χ1) is 16.1. The van der Waals surface area contributed by atoms with Crippen LogP contribution in [0.15, 0.2) is 42.5 Å². The van der Waals surface area contributed by atoms with Crippen molar-refractivity contribution < 1.29 is 14.7 Å². The van der Waals surface area contributed by atoms with Crippen molar-refractivity contribution in [3.05, 3.63) is 53.6 Å². The van der Waals surface area contributed by atoms with Gasteiger partial charge in [0.05, 0.1) is 17.8 Å². The number of aliphatic hydroxyl groups is 1. The third-order valence-corrected chi connectivity index (χ3v) is 7.17. The third-order valence-electron chi connectivity index (χ3n) is 7.17. The molecule has 7 heteroatoms. The Morgan fingerprint density at radius 2 is 1.91 bits per heavy atom. The number of hydrogen-bond acceptors (Lipinski definition) is 5. The van der Waals surface area contributed by atoms with Crippen molar-refractivity contribution in [3.63, 3.8) is 0 Å². The first-order valence-corrected chi connectivity index (χ1v) is 11.8. The lowest BCUT2D eigenvalue weighted by atomic mass is 9.88. The lowest BCUT2D eigenvalue weighted by molar-refractivity contribution is -0.134. The zero-order chi connectivity index (χ0) is 24.6. The topological polar surface area (TPSA) is 105 Å². The van der Waals surface area contributed by atoms with Crippen molar-refractivity contribution in [1.82, 2.24) is 10.6 Å². The summed E-state index contributed by atoms with van der Waals surface area (Å²) in [6.45, 7) is 5.66. The van der Waals surface area contributed by atoms with Crippen LogP contribution < -0.4 is 15.5 Å². The molecule has 0 radical (unpaired) electrons. The molecule has 3 N–H and O–H groups in total. The first kappa shape index (κ1) is 23.9. The van der Waals surface area contributed by atoms with Gasteiger partial charge in [0.2, 0.25) is 5.91 Å². The van der Waals surface area contributed by atoms with Gasteiger partial charge in [0.15, 0.2) is 5.60 Å². The Morgan fingerprint density at radius 1 is 1.24 bits per heavy atom. The molecule has 2 aliphatic heterocycles. The van der Waals surface area contributed by atoms with E-state index in [9.17, 15) is 20.0 Å². The second-order valence-corrected chi connectivity index (χ2v) is 9.86. The summed E-state index contributed by atoms with van der Waals surface area (Å²) in [6, 6.07) is 15.1. The molecule has 2 aromatic carbocycles. The first-order valence-electron chi connectivity index (χ1n) is 11.8. The lowest BCUT2D eigenvalue weighted by Gasteiger charge is -2.33. The molecule has 4 rings (SSSR count). The minimum absolute atomic E-state index is 0.116. The van der Waals surface area contributed by atoms with E-state index in [2.05, 4.69) is 30.6 Å². The summed E-state index contributed by atoms with van der Waals surface area (Å²) >= 11 is 0. The number of piperidine rings is 1. The standard InChI is InChI=1S/C27H32N4O3/c1-16-5-6-17(2)29-24(16)25(32)30-21(15-28)13-18-7-9-19(10-8-18)20-11-12-22-23(14-20)31(4)26(33)27(22,3)34/h7-12,14,16-17,21,24,29,34H,5-6,13H2,1-4H3,(H,30,32)/t16-,17+,21+,24+,27?/m1/s1. The number of nitrogens with one attached hydrogen (secondary N) is 2. The predicted molar refractivity (Wildman–Crippen MR) is 131 cm³/mol. The van der Waals surface area contributed by atoms with Crippen molar-refractivity contribution in [3.8, 4) is 17.2 Å². The monoisotopic (exact) mass is 460 g/mol. The maximum absolute atomic E-state index is 12.8. The molecule has 2 aromatic rings. The van der Waals surface area contributed by atoms with Crippen molar-refractivity contribution in [2.45, 2.75) is 63.8 Å². The maximum Gasteiger partial charge on any atom is 0.263 e. The summed E-state index contributed by atoms with van der Waals surface area (Å²) < 4.78 is 0. The number of anilines is 1. The van der Waals surface area contributed by atoms with E-state index in [-0.39, 0.29) is 23.8 Å². The Bertz CT molecular complexity index is 1140. The van der Waals surface area contributed by atoms with Crippen LogP contribution in [0, 0.1) is 17.2 Å². The van der Waals surface area contributed by atoms with Gasteiger partial charge in [0.1, 0.15) is 6.04 Å². The third kappa shape index (κ3) is 4.44. The van der Waals surface area contributed by atoms with Crippen molar-refractivity contribution in [2.24, 2.45) is 5.92 Å². The predicted octanol–water partition coefficient (Wildman–Crippen LogP) is 2.86. The van der Waals surface area contributed by atoms with E-state index >= 15 is 0 Å². The molecule has 7 nitrogen and oxygen atoms in total. The van der Waals surface area contributed by atoms with Gasteiger partial charge < -0.3 is 20.6 Å². The van der Waals surface area contributed by atoms with Crippen LogP contribution in [0.4, 0.5) is 5.69 Å². The summed E-state index contributed by atoms with van der Waals surface area (Å²) in [6.07, 6.45) is 2.47. The number of carbonyl (C=O) groups is 2. The summed E-state index contributed by atoms with van der Waals surface area (Å²) in [5.41, 5.74) is 2.63. The Labute approximate surface area is 200 Å². The minimum Gasteiger partial charge on any atom is -0.375 e. The molecule has 0 aliphatic carbocycles. The van der Waals surface area contributed by atoms with Gasteiger partial charge in [0.25, 0.3) is 5.91 Å². The van der Waals surface area contributed by atoms with E-state index in [0.717, 1.165) is 29.5 Å². The average Bonchev–Trinajstić information content (AvgIpc) is 3.00. The van der Waals surface area contributed by atoms with Gasteiger partial charge in [-0.1, -0.05) is 43.3 Å². The molecule has 5 atom stereocenters. The molecule has 1 saturated heterocycles. The van der Waals surface area contributed by atoms with Crippen molar-refractivity contribution in [1.29, 1.82) is 5.26 Å². The van der Waals surface area contributed by atoms with E-state index in [1.54, 1.807) is 13.1 Å². The molecule has 34 heavy (non-hydrogen) atoms. The highest BCUT2D eigenvalue weighted by Gasteiger charge is 2.44. The van der Waals surface area contributed by atoms with Gasteiger partial charge in [-0.3, -0.25) is 9.59 Å². The molecule has 2 amide bonds. The zero-order valence-corrected chi connectivity index (χ0v) is 20.1. The molecule has 178 valence electrons. The Morgan fingerprint density at radius 3 is 2.59 bits per heavy atom. The molecular weight excluding hydrogens is 428 g/mol. The zero-order valence-electron chi connectivity index (χ0n) is 20.1.